The van der Waals surface area contributed by atoms with Gasteiger partial charge in [0, 0.05) is 35.9 Å². The fourth-order valence-corrected chi connectivity index (χ4v) is 3.82. The molecule has 3 rings (SSSR count). The van der Waals surface area contributed by atoms with Gasteiger partial charge >= 0.3 is 11.9 Å². The van der Waals surface area contributed by atoms with E-state index in [9.17, 15) is 9.59 Å². The van der Waals surface area contributed by atoms with Gasteiger partial charge in [-0.1, -0.05) is 18.2 Å². The monoisotopic (exact) mass is 476 g/mol. The zero-order valence-corrected chi connectivity index (χ0v) is 19.8. The van der Waals surface area contributed by atoms with Crippen LogP contribution in [0.3, 0.4) is 0 Å². The number of hydrogen-bond acceptors (Lipinski definition) is 7. The zero-order chi connectivity index (χ0) is 25.0. The molecule has 184 valence electrons. The van der Waals surface area contributed by atoms with Crippen molar-refractivity contribution in [1.29, 1.82) is 0 Å². The van der Waals surface area contributed by atoms with Crippen LogP contribution in [0.15, 0.2) is 65.0 Å². The predicted octanol–water partition coefficient (Wildman–Crippen LogP) is 3.91. The van der Waals surface area contributed by atoms with Gasteiger partial charge in [0.05, 0.1) is 19.3 Å². The molecule has 7 heteroatoms. The number of allylic oxidation sites excluding steroid dienone is 2. The Morgan fingerprint density at radius 2 is 1.91 bits per heavy atom. The number of benzene rings is 1. The highest BCUT2D eigenvalue weighted by Crippen LogP contribution is 2.24. The van der Waals surface area contributed by atoms with E-state index < -0.39 is 5.97 Å². The fourth-order valence-electron chi connectivity index (χ4n) is 3.82. The maximum absolute atomic E-state index is 12.4. The van der Waals surface area contributed by atoms with Gasteiger partial charge in [0.1, 0.15) is 5.75 Å². The van der Waals surface area contributed by atoms with Crippen molar-refractivity contribution >= 4 is 18.0 Å². The molecule has 1 aromatic carbocycles. The number of hydrogen-bond donors (Lipinski definition) is 2. The van der Waals surface area contributed by atoms with Crippen molar-refractivity contribution in [3.8, 4) is 18.1 Å². The van der Waals surface area contributed by atoms with Crippen LogP contribution in [0.4, 0.5) is 0 Å². The van der Waals surface area contributed by atoms with Gasteiger partial charge in [-0.2, -0.15) is 0 Å². The van der Waals surface area contributed by atoms with E-state index in [1.165, 1.54) is 6.08 Å². The number of carbonyl (C=O) groups is 2. The van der Waals surface area contributed by atoms with Crippen molar-refractivity contribution in [1.82, 2.24) is 0 Å². The van der Waals surface area contributed by atoms with Crippen molar-refractivity contribution in [2.24, 2.45) is 11.5 Å². The van der Waals surface area contributed by atoms with Gasteiger partial charge in [-0.15, -0.1) is 12.3 Å². The van der Waals surface area contributed by atoms with Crippen molar-refractivity contribution in [2.75, 3.05) is 13.2 Å². The first kappa shape index (κ1) is 25.9. The molecule has 4 N–H and O–H groups in total. The van der Waals surface area contributed by atoms with Gasteiger partial charge in [0.15, 0.2) is 0 Å². The Bertz CT molecular complexity index is 1070. The SMILES string of the molecule is C#CCCO[C@H]1CC=C(C(=O)Oc2ccc(/C=C/C(=O)OCCC3=C(N)C=C(N)CC3)cc2)CC1. The summed E-state index contributed by atoms with van der Waals surface area (Å²) in [4.78, 5) is 24.4. The van der Waals surface area contributed by atoms with Crippen LogP contribution < -0.4 is 16.2 Å². The maximum Gasteiger partial charge on any atom is 0.339 e. The summed E-state index contributed by atoms with van der Waals surface area (Å²) in [6.45, 7) is 0.796. The molecule has 1 aromatic rings. The number of esters is 2. The van der Waals surface area contributed by atoms with Crippen LogP contribution in [0.5, 0.6) is 5.75 Å². The molecule has 1 atom stereocenters. The van der Waals surface area contributed by atoms with Crippen molar-refractivity contribution in [3.63, 3.8) is 0 Å². The summed E-state index contributed by atoms with van der Waals surface area (Å²) in [7, 11) is 0. The second-order valence-electron chi connectivity index (χ2n) is 8.44. The standard InChI is InChI=1S/C28H32N2O5/c1-2-3-17-33-24-13-8-22(9-14-24)28(32)35-25-11-4-20(5-12-25)6-15-27(31)34-18-16-21-7-10-23(29)19-26(21)30/h1,4-6,8,11-12,15,19,24H,3,7,9-10,13-14,16-18,29-30H2/b15-6+/t24-/m0/s1. The fraction of sp³-hybridized carbons (Fsp3) is 0.357. The van der Waals surface area contributed by atoms with E-state index in [4.69, 9.17) is 32.1 Å². The van der Waals surface area contributed by atoms with E-state index in [0.717, 1.165) is 36.1 Å². The molecule has 7 nitrogen and oxygen atoms in total. The molecule has 0 amide bonds. The molecule has 35 heavy (non-hydrogen) atoms. The molecule has 0 bridgehead atoms. The van der Waals surface area contributed by atoms with Crippen LogP contribution in [-0.4, -0.2) is 31.3 Å². The summed E-state index contributed by atoms with van der Waals surface area (Å²) in [5.74, 6) is 2.20. The minimum Gasteiger partial charge on any atom is -0.462 e. The Hall–Kier alpha value is -3.76. The summed E-state index contributed by atoms with van der Waals surface area (Å²) in [6.07, 6.45) is 16.8. The molecule has 0 spiro atoms. The summed E-state index contributed by atoms with van der Waals surface area (Å²) in [6, 6.07) is 6.91. The highest BCUT2D eigenvalue weighted by molar-refractivity contribution is 5.90. The lowest BCUT2D eigenvalue weighted by molar-refractivity contribution is -0.137. The molecule has 2 aliphatic carbocycles. The number of terminal acetylenes is 1. The Morgan fingerprint density at radius 3 is 2.60 bits per heavy atom. The molecular weight excluding hydrogens is 444 g/mol. The molecule has 0 saturated heterocycles. The van der Waals surface area contributed by atoms with Crippen LogP contribution in [0.2, 0.25) is 0 Å². The molecule has 0 unspecified atom stereocenters. The lowest BCUT2D eigenvalue weighted by Gasteiger charge is -2.21. The van der Waals surface area contributed by atoms with E-state index in [2.05, 4.69) is 5.92 Å². The minimum absolute atomic E-state index is 0.0941. The van der Waals surface area contributed by atoms with E-state index >= 15 is 0 Å². The van der Waals surface area contributed by atoms with E-state index in [0.29, 0.717) is 49.3 Å². The van der Waals surface area contributed by atoms with Crippen LogP contribution in [0.1, 0.15) is 50.5 Å². The number of ether oxygens (including phenoxy) is 3. The predicted molar refractivity (Wildman–Crippen MR) is 135 cm³/mol. The van der Waals surface area contributed by atoms with Crippen LogP contribution in [-0.2, 0) is 19.1 Å². The third-order valence-corrected chi connectivity index (χ3v) is 5.84. The average molecular weight is 477 g/mol. The van der Waals surface area contributed by atoms with Gasteiger partial charge in [0.2, 0.25) is 0 Å². The normalized spacial score (nSPS) is 18.0. The van der Waals surface area contributed by atoms with Gasteiger partial charge in [-0.25, -0.2) is 9.59 Å². The highest BCUT2D eigenvalue weighted by Gasteiger charge is 2.20. The second kappa shape index (κ2) is 13.2. The maximum atomic E-state index is 12.4. The molecule has 0 aliphatic heterocycles. The molecule has 0 fully saturated rings. The summed E-state index contributed by atoms with van der Waals surface area (Å²) in [5, 5.41) is 0. The second-order valence-corrected chi connectivity index (χ2v) is 8.44. The number of rotatable bonds is 10. The Balaban J connectivity index is 1.41. The molecule has 0 aromatic heterocycles. The third-order valence-electron chi connectivity index (χ3n) is 5.84. The average Bonchev–Trinajstić information content (AvgIpc) is 2.85. The minimum atomic E-state index is -0.434. The van der Waals surface area contributed by atoms with E-state index in [-0.39, 0.29) is 18.7 Å². The number of carbonyl (C=O) groups excluding carboxylic acids is 2. The lowest BCUT2D eigenvalue weighted by atomic mass is 9.97. The molecule has 2 aliphatic rings. The first-order valence-electron chi connectivity index (χ1n) is 11.8. The smallest absolute Gasteiger partial charge is 0.339 e. The van der Waals surface area contributed by atoms with Gasteiger partial charge in [0.25, 0.3) is 0 Å². The molecule has 0 heterocycles. The van der Waals surface area contributed by atoms with Gasteiger partial charge < -0.3 is 25.7 Å². The Morgan fingerprint density at radius 1 is 1.11 bits per heavy atom. The largest absolute Gasteiger partial charge is 0.462 e. The molecular formula is C28H32N2O5. The summed E-state index contributed by atoms with van der Waals surface area (Å²) >= 11 is 0. The van der Waals surface area contributed by atoms with Crippen LogP contribution in [0.25, 0.3) is 6.08 Å². The van der Waals surface area contributed by atoms with E-state index in [1.807, 2.05) is 6.08 Å². The van der Waals surface area contributed by atoms with Crippen LogP contribution >= 0.6 is 0 Å². The summed E-state index contributed by atoms with van der Waals surface area (Å²) < 4.78 is 16.4. The topological polar surface area (TPSA) is 114 Å². The Labute approximate surface area is 206 Å². The molecule has 0 saturated carbocycles. The van der Waals surface area contributed by atoms with Crippen molar-refractivity contribution in [2.45, 2.75) is 51.0 Å². The van der Waals surface area contributed by atoms with Gasteiger partial charge in [-0.05, 0) is 67.5 Å². The quantitative estimate of drug-likeness (QED) is 0.173. The van der Waals surface area contributed by atoms with Gasteiger partial charge in [-0.3, -0.25) is 0 Å². The van der Waals surface area contributed by atoms with E-state index in [1.54, 1.807) is 36.4 Å². The molecule has 0 radical (unpaired) electrons. The Kier molecular flexibility index (Phi) is 9.76. The van der Waals surface area contributed by atoms with Crippen molar-refractivity contribution in [3.05, 3.63) is 70.6 Å². The summed E-state index contributed by atoms with van der Waals surface area (Å²) in [5.41, 5.74) is 15.6. The third kappa shape index (κ3) is 8.51. The zero-order valence-electron chi connectivity index (χ0n) is 19.8. The first-order chi connectivity index (χ1) is 16.9. The first-order valence-corrected chi connectivity index (χ1v) is 11.8. The number of nitrogens with two attached hydrogens (primary N) is 2. The van der Waals surface area contributed by atoms with Crippen molar-refractivity contribution < 1.29 is 23.8 Å². The highest BCUT2D eigenvalue weighted by atomic mass is 16.5. The lowest BCUT2D eigenvalue weighted by Crippen LogP contribution is -2.21. The van der Waals surface area contributed by atoms with Crippen LogP contribution in [0, 0.1) is 12.3 Å².